The van der Waals surface area contributed by atoms with E-state index in [-0.39, 0.29) is 12.1 Å². The highest BCUT2D eigenvalue weighted by atomic mass is 16.3. The van der Waals surface area contributed by atoms with Gasteiger partial charge < -0.3 is 10.4 Å². The van der Waals surface area contributed by atoms with E-state index in [1.807, 2.05) is 13.0 Å². The van der Waals surface area contributed by atoms with Gasteiger partial charge in [-0.2, -0.15) is 0 Å². The van der Waals surface area contributed by atoms with Gasteiger partial charge in [0.25, 0.3) is 0 Å². The predicted octanol–water partition coefficient (Wildman–Crippen LogP) is 1.04. The zero-order valence-corrected chi connectivity index (χ0v) is 7.88. The highest BCUT2D eigenvalue weighted by molar-refractivity contribution is 5.35. The lowest BCUT2D eigenvalue weighted by Gasteiger charge is -2.35. The molecule has 0 radical (unpaired) electrons. The van der Waals surface area contributed by atoms with Crippen molar-refractivity contribution >= 4 is 0 Å². The van der Waals surface area contributed by atoms with Crippen molar-refractivity contribution in [1.82, 2.24) is 5.32 Å². The quantitative estimate of drug-likeness (QED) is 0.671. The van der Waals surface area contributed by atoms with Crippen LogP contribution in [-0.2, 0) is 12.0 Å². The first-order chi connectivity index (χ1) is 6.26. The van der Waals surface area contributed by atoms with Crippen molar-refractivity contribution in [3.63, 3.8) is 0 Å². The van der Waals surface area contributed by atoms with Crippen LogP contribution in [0.1, 0.15) is 18.1 Å². The lowest BCUT2D eigenvalue weighted by molar-refractivity contribution is 0.169. The van der Waals surface area contributed by atoms with Gasteiger partial charge in [0.15, 0.2) is 0 Å². The Morgan fingerprint density at radius 3 is 3.00 bits per heavy atom. The molecule has 2 N–H and O–H groups in total. The highest BCUT2D eigenvalue weighted by Gasteiger charge is 2.30. The van der Waals surface area contributed by atoms with E-state index in [1.54, 1.807) is 0 Å². The SMILES string of the molecule is CC1(CO)NCCc2ccccc21. The zero-order chi connectivity index (χ0) is 9.31. The van der Waals surface area contributed by atoms with Gasteiger partial charge in [-0.15, -0.1) is 0 Å². The Morgan fingerprint density at radius 1 is 1.46 bits per heavy atom. The number of fused-ring (bicyclic) bond motifs is 1. The number of rotatable bonds is 1. The molecule has 0 aromatic heterocycles. The second-order valence-electron chi connectivity index (χ2n) is 3.82. The van der Waals surface area contributed by atoms with Crippen molar-refractivity contribution in [2.24, 2.45) is 0 Å². The van der Waals surface area contributed by atoms with Crippen molar-refractivity contribution < 1.29 is 5.11 Å². The van der Waals surface area contributed by atoms with Gasteiger partial charge in [0, 0.05) is 6.54 Å². The van der Waals surface area contributed by atoms with Crippen molar-refractivity contribution in [2.75, 3.05) is 13.2 Å². The summed E-state index contributed by atoms with van der Waals surface area (Å²) in [4.78, 5) is 0. The zero-order valence-electron chi connectivity index (χ0n) is 7.88. The molecule has 0 aliphatic carbocycles. The van der Waals surface area contributed by atoms with Crippen LogP contribution in [0.4, 0.5) is 0 Å². The lowest BCUT2D eigenvalue weighted by atomic mass is 9.84. The maximum absolute atomic E-state index is 9.33. The summed E-state index contributed by atoms with van der Waals surface area (Å²) >= 11 is 0. The molecule has 2 nitrogen and oxygen atoms in total. The minimum atomic E-state index is -0.241. The van der Waals surface area contributed by atoms with E-state index in [9.17, 15) is 5.11 Å². The highest BCUT2D eigenvalue weighted by Crippen LogP contribution is 2.27. The molecule has 0 saturated carbocycles. The molecule has 1 atom stereocenters. The van der Waals surface area contributed by atoms with Crippen LogP contribution in [0.3, 0.4) is 0 Å². The fraction of sp³-hybridized carbons (Fsp3) is 0.455. The number of aliphatic hydroxyl groups excluding tert-OH is 1. The molecule has 1 aromatic rings. The standard InChI is InChI=1S/C11H15NO/c1-11(8-13)10-5-3-2-4-9(10)6-7-12-11/h2-5,12-13H,6-8H2,1H3. The van der Waals surface area contributed by atoms with Crippen LogP contribution in [-0.4, -0.2) is 18.3 Å². The van der Waals surface area contributed by atoms with Crippen LogP contribution in [0.15, 0.2) is 24.3 Å². The third-order valence-electron chi connectivity index (χ3n) is 2.84. The van der Waals surface area contributed by atoms with Gasteiger partial charge in [-0.05, 0) is 24.5 Å². The van der Waals surface area contributed by atoms with Crippen LogP contribution in [0.25, 0.3) is 0 Å². The van der Waals surface area contributed by atoms with Crippen LogP contribution < -0.4 is 5.32 Å². The van der Waals surface area contributed by atoms with Gasteiger partial charge in [0.2, 0.25) is 0 Å². The van der Waals surface area contributed by atoms with Gasteiger partial charge >= 0.3 is 0 Å². The van der Waals surface area contributed by atoms with Gasteiger partial charge in [0.1, 0.15) is 0 Å². The number of hydrogen-bond donors (Lipinski definition) is 2. The van der Waals surface area contributed by atoms with E-state index >= 15 is 0 Å². The van der Waals surface area contributed by atoms with Crippen molar-refractivity contribution in [1.29, 1.82) is 0 Å². The fourth-order valence-corrected chi connectivity index (χ4v) is 1.99. The maximum atomic E-state index is 9.33. The summed E-state index contributed by atoms with van der Waals surface area (Å²) in [6.45, 7) is 3.16. The molecule has 0 fully saturated rings. The van der Waals surface area contributed by atoms with Crippen LogP contribution in [0.5, 0.6) is 0 Å². The topological polar surface area (TPSA) is 32.3 Å². The molecular formula is C11H15NO. The molecule has 1 aliphatic rings. The molecule has 1 heterocycles. The Bertz CT molecular complexity index is 311. The molecule has 0 spiro atoms. The van der Waals surface area contributed by atoms with E-state index in [0.29, 0.717) is 0 Å². The predicted molar refractivity (Wildman–Crippen MR) is 52.6 cm³/mol. The van der Waals surface area contributed by atoms with E-state index in [1.165, 1.54) is 11.1 Å². The molecular weight excluding hydrogens is 162 g/mol. The average Bonchev–Trinajstić information content (AvgIpc) is 2.19. The Balaban J connectivity index is 2.48. The second kappa shape index (κ2) is 3.13. The minimum Gasteiger partial charge on any atom is -0.394 e. The molecule has 13 heavy (non-hydrogen) atoms. The Labute approximate surface area is 78.6 Å². The summed E-state index contributed by atoms with van der Waals surface area (Å²) in [5, 5.41) is 12.7. The molecule has 0 saturated heterocycles. The molecule has 1 aliphatic heterocycles. The normalized spacial score (nSPS) is 26.9. The maximum Gasteiger partial charge on any atom is 0.0652 e. The number of nitrogens with one attached hydrogen (secondary N) is 1. The summed E-state index contributed by atoms with van der Waals surface area (Å²) < 4.78 is 0. The lowest BCUT2D eigenvalue weighted by Crippen LogP contribution is -2.47. The van der Waals surface area contributed by atoms with E-state index in [4.69, 9.17) is 0 Å². The molecule has 2 rings (SSSR count). The first-order valence-corrected chi connectivity index (χ1v) is 4.70. The largest absolute Gasteiger partial charge is 0.394 e. The molecule has 70 valence electrons. The average molecular weight is 177 g/mol. The van der Waals surface area contributed by atoms with Crippen molar-refractivity contribution in [3.05, 3.63) is 35.4 Å². The Hall–Kier alpha value is -0.860. The Kier molecular flexibility index (Phi) is 2.10. The van der Waals surface area contributed by atoms with Gasteiger partial charge in [-0.3, -0.25) is 0 Å². The summed E-state index contributed by atoms with van der Waals surface area (Å²) in [6.07, 6.45) is 1.06. The van der Waals surface area contributed by atoms with Crippen molar-refractivity contribution in [3.8, 4) is 0 Å². The second-order valence-corrected chi connectivity index (χ2v) is 3.82. The summed E-state index contributed by atoms with van der Waals surface area (Å²) in [5.41, 5.74) is 2.36. The van der Waals surface area contributed by atoms with Crippen LogP contribution in [0.2, 0.25) is 0 Å². The first kappa shape index (κ1) is 8.73. The molecule has 2 heteroatoms. The van der Waals surface area contributed by atoms with E-state index in [0.717, 1.165) is 13.0 Å². The molecule has 1 aromatic carbocycles. The number of benzene rings is 1. The van der Waals surface area contributed by atoms with Crippen LogP contribution in [0, 0.1) is 0 Å². The summed E-state index contributed by atoms with van der Waals surface area (Å²) in [6, 6.07) is 8.32. The summed E-state index contributed by atoms with van der Waals surface area (Å²) in [7, 11) is 0. The first-order valence-electron chi connectivity index (χ1n) is 4.70. The Morgan fingerprint density at radius 2 is 2.23 bits per heavy atom. The van der Waals surface area contributed by atoms with Gasteiger partial charge in [-0.1, -0.05) is 24.3 Å². The van der Waals surface area contributed by atoms with Gasteiger partial charge in [-0.25, -0.2) is 0 Å². The number of hydrogen-bond acceptors (Lipinski definition) is 2. The van der Waals surface area contributed by atoms with Crippen molar-refractivity contribution in [2.45, 2.75) is 18.9 Å². The third-order valence-corrected chi connectivity index (χ3v) is 2.84. The monoisotopic (exact) mass is 177 g/mol. The van der Waals surface area contributed by atoms with Gasteiger partial charge in [0.05, 0.1) is 12.1 Å². The third kappa shape index (κ3) is 1.36. The van der Waals surface area contributed by atoms with E-state index in [2.05, 4.69) is 23.5 Å². The minimum absolute atomic E-state index is 0.157. The number of aliphatic hydroxyl groups is 1. The molecule has 1 unspecified atom stereocenters. The summed E-state index contributed by atoms with van der Waals surface area (Å²) in [5.74, 6) is 0. The van der Waals surface area contributed by atoms with Crippen LogP contribution >= 0.6 is 0 Å². The fourth-order valence-electron chi connectivity index (χ4n) is 1.99. The molecule has 0 bridgehead atoms. The smallest absolute Gasteiger partial charge is 0.0652 e. The molecule has 0 amide bonds. The van der Waals surface area contributed by atoms with E-state index < -0.39 is 0 Å².